The summed E-state index contributed by atoms with van der Waals surface area (Å²) in [5, 5.41) is 11.8. The first-order valence-electron chi connectivity index (χ1n) is 10.5. The van der Waals surface area contributed by atoms with Crippen LogP contribution in [-0.4, -0.2) is 49.5 Å². The summed E-state index contributed by atoms with van der Waals surface area (Å²) in [7, 11) is -1.28. The third-order valence-electron chi connectivity index (χ3n) is 4.70. The molecule has 0 aliphatic heterocycles. The zero-order valence-electron chi connectivity index (χ0n) is 20.0. The van der Waals surface area contributed by atoms with Crippen molar-refractivity contribution in [2.45, 2.75) is 83.8 Å². The first kappa shape index (κ1) is 26.7. The molecule has 0 saturated heterocycles. The molecule has 0 aliphatic carbocycles. The fraction of sp³-hybridized carbons (Fsp3) is 0.609. The second kappa shape index (κ2) is 10.3. The number of rotatable bonds is 9. The van der Waals surface area contributed by atoms with E-state index in [-0.39, 0.29) is 12.4 Å². The normalized spacial score (nSPS) is 13.3. The van der Waals surface area contributed by atoms with Gasteiger partial charge in [-0.2, -0.15) is 0 Å². The van der Waals surface area contributed by atoms with Crippen LogP contribution in [-0.2, 0) is 30.9 Å². The summed E-state index contributed by atoms with van der Waals surface area (Å²) >= 11 is 0. The number of ether oxygens (including phenoxy) is 2. The average Bonchev–Trinajstić information content (AvgIpc) is 2.58. The van der Waals surface area contributed by atoms with Gasteiger partial charge < -0.3 is 19.9 Å². The lowest BCUT2D eigenvalue weighted by atomic mass is 9.84. The van der Waals surface area contributed by atoms with Crippen LogP contribution < -0.4 is 5.32 Å². The summed E-state index contributed by atoms with van der Waals surface area (Å²) in [6.45, 7) is 15.8. The number of esters is 1. The Labute approximate surface area is 186 Å². The summed E-state index contributed by atoms with van der Waals surface area (Å²) < 4.78 is 10.6. The van der Waals surface area contributed by atoms with Crippen LogP contribution >= 0.6 is 0 Å². The SMILES string of the molecule is CC(C)(C)OC(=O)NC(Cc1ccc(C(C)(C)C(=O)OCC[Si](C)(C)C)cc1)C(=O)O. The highest BCUT2D eigenvalue weighted by atomic mass is 28.3. The Bertz CT molecular complexity index is 775. The molecule has 1 aromatic carbocycles. The van der Waals surface area contributed by atoms with Gasteiger partial charge in [-0.05, 0) is 51.8 Å². The summed E-state index contributed by atoms with van der Waals surface area (Å²) in [6, 6.07) is 6.90. The smallest absolute Gasteiger partial charge is 0.408 e. The van der Waals surface area contributed by atoms with E-state index in [1.165, 1.54) is 0 Å². The molecule has 2 N–H and O–H groups in total. The fourth-order valence-corrected chi connectivity index (χ4v) is 3.41. The minimum Gasteiger partial charge on any atom is -0.480 e. The molecule has 31 heavy (non-hydrogen) atoms. The van der Waals surface area contributed by atoms with Crippen LogP contribution in [0.25, 0.3) is 0 Å². The Kier molecular flexibility index (Phi) is 8.87. The molecule has 0 aliphatic rings. The standard InChI is InChI=1S/C23H37NO6Si/c1-22(2,3)30-21(28)24-18(19(25)26)15-16-9-11-17(12-10-16)23(4,5)20(27)29-13-14-31(6,7)8/h9-12,18H,13-15H2,1-8H3,(H,24,28)(H,25,26). The van der Waals surface area contributed by atoms with Crippen molar-refractivity contribution < 1.29 is 29.0 Å². The number of hydrogen-bond acceptors (Lipinski definition) is 5. The molecule has 1 aromatic rings. The highest BCUT2D eigenvalue weighted by Crippen LogP contribution is 2.26. The van der Waals surface area contributed by atoms with Gasteiger partial charge in [-0.25, -0.2) is 9.59 Å². The molecule has 0 aromatic heterocycles. The molecule has 0 radical (unpaired) electrons. The summed E-state index contributed by atoms with van der Waals surface area (Å²) in [6.07, 6.45) is -0.686. The zero-order valence-corrected chi connectivity index (χ0v) is 21.0. The Morgan fingerprint density at radius 3 is 2.03 bits per heavy atom. The average molecular weight is 452 g/mol. The van der Waals surface area contributed by atoms with Crippen LogP contribution in [0.15, 0.2) is 24.3 Å². The molecule has 1 unspecified atom stereocenters. The lowest BCUT2D eigenvalue weighted by molar-refractivity contribution is -0.148. The third-order valence-corrected chi connectivity index (χ3v) is 6.40. The van der Waals surface area contributed by atoms with Gasteiger partial charge >= 0.3 is 18.0 Å². The molecule has 1 amide bonds. The molecule has 7 nitrogen and oxygen atoms in total. The first-order chi connectivity index (χ1) is 14.0. The number of hydrogen-bond donors (Lipinski definition) is 2. The van der Waals surface area contributed by atoms with Crippen LogP contribution in [0.1, 0.15) is 45.7 Å². The third kappa shape index (κ3) is 9.55. The van der Waals surface area contributed by atoms with Crippen molar-refractivity contribution in [1.82, 2.24) is 5.32 Å². The minimum atomic E-state index is -1.28. The van der Waals surface area contributed by atoms with Crippen LogP contribution in [0, 0.1) is 0 Å². The fourth-order valence-electron chi connectivity index (χ4n) is 2.69. The van der Waals surface area contributed by atoms with E-state index in [1.54, 1.807) is 45.0 Å². The molecule has 0 spiro atoms. The molecule has 1 rings (SSSR count). The van der Waals surface area contributed by atoms with Gasteiger partial charge in [-0.3, -0.25) is 4.79 Å². The number of nitrogens with one attached hydrogen (secondary N) is 1. The predicted octanol–water partition coefficient (Wildman–Crippen LogP) is 4.37. The Morgan fingerprint density at radius 1 is 1.03 bits per heavy atom. The maximum absolute atomic E-state index is 12.6. The topological polar surface area (TPSA) is 102 Å². The van der Waals surface area contributed by atoms with Gasteiger partial charge in [0.1, 0.15) is 11.6 Å². The number of carboxylic acids is 1. The van der Waals surface area contributed by atoms with Crippen LogP contribution in [0.4, 0.5) is 4.79 Å². The van der Waals surface area contributed by atoms with Gasteiger partial charge in [0, 0.05) is 14.5 Å². The van der Waals surface area contributed by atoms with E-state index in [0.29, 0.717) is 6.61 Å². The van der Waals surface area contributed by atoms with Crippen molar-refractivity contribution in [2.24, 2.45) is 0 Å². The second-order valence-electron chi connectivity index (χ2n) is 10.5. The van der Waals surface area contributed by atoms with Gasteiger partial charge in [-0.15, -0.1) is 0 Å². The van der Waals surface area contributed by atoms with Crippen molar-refractivity contribution in [2.75, 3.05) is 6.61 Å². The molecule has 0 heterocycles. The molecule has 0 saturated carbocycles. The molecule has 0 bridgehead atoms. The molecular weight excluding hydrogens is 414 g/mol. The summed E-state index contributed by atoms with van der Waals surface area (Å²) in [4.78, 5) is 36.1. The molecule has 0 fully saturated rings. The number of benzene rings is 1. The van der Waals surface area contributed by atoms with Crippen LogP contribution in [0.3, 0.4) is 0 Å². The van der Waals surface area contributed by atoms with Gasteiger partial charge in [0.05, 0.1) is 12.0 Å². The Hall–Kier alpha value is -2.35. The maximum atomic E-state index is 12.6. The van der Waals surface area contributed by atoms with Gasteiger partial charge in [-0.1, -0.05) is 43.9 Å². The highest BCUT2D eigenvalue weighted by Gasteiger charge is 2.32. The van der Waals surface area contributed by atoms with Crippen LogP contribution in [0.2, 0.25) is 25.7 Å². The number of carbonyl (C=O) groups is 3. The lowest BCUT2D eigenvalue weighted by Gasteiger charge is -2.25. The van der Waals surface area contributed by atoms with Crippen molar-refractivity contribution in [1.29, 1.82) is 0 Å². The largest absolute Gasteiger partial charge is 0.480 e. The second-order valence-corrected chi connectivity index (χ2v) is 16.1. The number of carboxylic acid groups (broad SMARTS) is 1. The lowest BCUT2D eigenvalue weighted by Crippen LogP contribution is -2.44. The van der Waals surface area contributed by atoms with Gasteiger partial charge in [0.15, 0.2) is 0 Å². The van der Waals surface area contributed by atoms with Crippen molar-refractivity contribution in [3.8, 4) is 0 Å². The van der Waals surface area contributed by atoms with E-state index >= 15 is 0 Å². The predicted molar refractivity (Wildman–Crippen MR) is 123 cm³/mol. The van der Waals surface area contributed by atoms with Crippen molar-refractivity contribution in [3.63, 3.8) is 0 Å². The zero-order chi connectivity index (χ0) is 24.0. The van der Waals surface area contributed by atoms with Crippen molar-refractivity contribution in [3.05, 3.63) is 35.4 Å². The Morgan fingerprint density at radius 2 is 1.58 bits per heavy atom. The van der Waals surface area contributed by atoms with Crippen molar-refractivity contribution >= 4 is 26.1 Å². The van der Waals surface area contributed by atoms with Gasteiger partial charge in [0.25, 0.3) is 0 Å². The molecular formula is C23H37NO6Si. The number of aliphatic carboxylic acids is 1. The minimum absolute atomic E-state index is 0.0932. The Balaban J connectivity index is 2.80. The number of amides is 1. The van der Waals surface area contributed by atoms with E-state index in [4.69, 9.17) is 9.47 Å². The highest BCUT2D eigenvalue weighted by molar-refractivity contribution is 6.76. The quantitative estimate of drug-likeness (QED) is 0.427. The summed E-state index contributed by atoms with van der Waals surface area (Å²) in [5.74, 6) is -1.44. The van der Waals surface area contributed by atoms with Gasteiger partial charge in [0.2, 0.25) is 0 Å². The number of alkyl carbamates (subject to hydrolysis) is 1. The monoisotopic (exact) mass is 451 g/mol. The first-order valence-corrected chi connectivity index (χ1v) is 14.2. The number of carbonyl (C=O) groups excluding carboxylic acids is 2. The van der Waals surface area contributed by atoms with E-state index in [0.717, 1.165) is 17.2 Å². The van der Waals surface area contributed by atoms with E-state index < -0.39 is 37.2 Å². The van der Waals surface area contributed by atoms with E-state index in [2.05, 4.69) is 25.0 Å². The van der Waals surface area contributed by atoms with Crippen LogP contribution in [0.5, 0.6) is 0 Å². The molecule has 174 valence electrons. The molecule has 8 heteroatoms. The molecule has 1 atom stereocenters. The summed E-state index contributed by atoms with van der Waals surface area (Å²) in [5.41, 5.74) is -0.0421. The van der Waals surface area contributed by atoms with E-state index in [1.807, 2.05) is 13.8 Å². The maximum Gasteiger partial charge on any atom is 0.408 e. The van der Waals surface area contributed by atoms with E-state index in [9.17, 15) is 19.5 Å².